The second kappa shape index (κ2) is 3.20. The Morgan fingerprint density at radius 3 is 1.40 bits per heavy atom. The Bertz CT molecular complexity index is 116. The van der Waals surface area contributed by atoms with Gasteiger partial charge < -0.3 is 0 Å². The predicted molar refractivity (Wildman–Crippen MR) is 35.5 cm³/mol. The van der Waals surface area contributed by atoms with Crippen LogP contribution in [-0.2, 0) is 0 Å². The van der Waals surface area contributed by atoms with Crippen molar-refractivity contribution in [1.29, 1.82) is 0 Å². The Labute approximate surface area is 70.6 Å². The van der Waals surface area contributed by atoms with Gasteiger partial charge in [-0.3, -0.25) is 0 Å². The summed E-state index contributed by atoms with van der Waals surface area (Å²) in [4.78, 5) is 0. The molecule has 0 spiro atoms. The van der Waals surface area contributed by atoms with E-state index in [0.29, 0.717) is 6.08 Å². The van der Waals surface area contributed by atoms with Crippen LogP contribution in [0.1, 0.15) is 0 Å². The zero-order valence-electron chi connectivity index (χ0n) is 4.42. The second-order valence-electron chi connectivity index (χ2n) is 1.42. The van der Waals surface area contributed by atoms with Crippen LogP contribution in [0.25, 0.3) is 0 Å². The van der Waals surface area contributed by atoms with Crippen molar-refractivity contribution in [2.24, 2.45) is 0 Å². The minimum atomic E-state index is -4.43. The molecule has 0 aromatic heterocycles. The highest BCUT2D eigenvalue weighted by molar-refractivity contribution is 6.68. The molecule has 0 saturated heterocycles. The Kier molecular flexibility index (Phi) is 3.33. The zero-order valence-corrected chi connectivity index (χ0v) is 6.69. The minimum absolute atomic E-state index is 0.125. The van der Waals surface area contributed by atoms with Crippen molar-refractivity contribution in [3.05, 3.63) is 12.2 Å². The summed E-state index contributed by atoms with van der Waals surface area (Å²) in [6.07, 6.45) is -4.11. The third-order valence-electron chi connectivity index (χ3n) is 0.461. The van der Waals surface area contributed by atoms with Gasteiger partial charge in [0.15, 0.2) is 0 Å². The molecule has 0 aromatic carbocycles. The van der Waals surface area contributed by atoms with E-state index >= 15 is 0 Å². The number of rotatable bonds is 0. The summed E-state index contributed by atoms with van der Waals surface area (Å²) in [6.45, 7) is 0. The van der Waals surface area contributed by atoms with Gasteiger partial charge in [0.1, 0.15) is 0 Å². The first kappa shape index (κ1) is 10.4. The van der Waals surface area contributed by atoms with E-state index < -0.39 is 9.97 Å². The lowest BCUT2D eigenvalue weighted by molar-refractivity contribution is -0.0799. The number of hydrogen-bond acceptors (Lipinski definition) is 0. The molecule has 0 amide bonds. The van der Waals surface area contributed by atoms with Gasteiger partial charge in [0.25, 0.3) is 0 Å². The molecule has 0 radical (unpaired) electrons. The topological polar surface area (TPSA) is 0 Å². The van der Waals surface area contributed by atoms with Gasteiger partial charge in [-0.05, 0) is 6.08 Å². The first-order chi connectivity index (χ1) is 4.21. The quantitative estimate of drug-likeness (QED) is 0.427. The van der Waals surface area contributed by atoms with E-state index in [4.69, 9.17) is 34.8 Å². The molecule has 0 nitrogen and oxygen atoms in total. The number of allylic oxidation sites excluding steroid dienone is 2. The smallest absolute Gasteiger partial charge is 0.167 e. The molecule has 6 heteroatoms. The maximum Gasteiger partial charge on any atom is 0.409 e. The SMILES string of the molecule is FC(F)(F)/C=C/C(Cl)(Cl)Cl. The molecule has 0 atom stereocenters. The lowest BCUT2D eigenvalue weighted by Crippen LogP contribution is -2.04. The summed E-state index contributed by atoms with van der Waals surface area (Å²) < 4.78 is 32.0. The summed E-state index contributed by atoms with van der Waals surface area (Å²) in [5, 5.41) is 0. The highest BCUT2D eigenvalue weighted by Gasteiger charge is 2.25. The summed E-state index contributed by atoms with van der Waals surface area (Å²) in [6, 6.07) is 0. The van der Waals surface area contributed by atoms with E-state index in [1.54, 1.807) is 0 Å². The van der Waals surface area contributed by atoms with Crippen LogP contribution in [0.2, 0.25) is 0 Å². The lowest BCUT2D eigenvalue weighted by atomic mass is 10.5. The third kappa shape index (κ3) is 8.40. The van der Waals surface area contributed by atoms with E-state index in [0.717, 1.165) is 0 Å². The fourth-order valence-corrected chi connectivity index (χ4v) is 0.378. The van der Waals surface area contributed by atoms with E-state index in [1.807, 2.05) is 0 Å². The predicted octanol–water partition coefficient (Wildman–Crippen LogP) is 3.48. The van der Waals surface area contributed by atoms with E-state index in [1.165, 1.54) is 0 Å². The van der Waals surface area contributed by atoms with E-state index in [-0.39, 0.29) is 6.08 Å². The molecule has 60 valence electrons. The highest BCUT2D eigenvalue weighted by atomic mass is 35.6. The molecule has 0 aliphatic carbocycles. The third-order valence-corrected chi connectivity index (χ3v) is 0.839. The van der Waals surface area contributed by atoms with Gasteiger partial charge in [-0.2, -0.15) is 13.2 Å². The van der Waals surface area contributed by atoms with Gasteiger partial charge in [0, 0.05) is 6.08 Å². The average molecular weight is 213 g/mol. The van der Waals surface area contributed by atoms with Crippen LogP contribution < -0.4 is 0 Å². The monoisotopic (exact) mass is 212 g/mol. The Hall–Kier alpha value is 0.400. The summed E-state index contributed by atoms with van der Waals surface area (Å²) in [7, 11) is 0. The first-order valence-corrected chi connectivity index (χ1v) is 3.18. The molecule has 10 heavy (non-hydrogen) atoms. The van der Waals surface area contributed by atoms with Crippen molar-refractivity contribution in [3.8, 4) is 0 Å². The Morgan fingerprint density at radius 2 is 1.30 bits per heavy atom. The Morgan fingerprint density at radius 1 is 0.900 bits per heavy atom. The van der Waals surface area contributed by atoms with E-state index in [9.17, 15) is 13.2 Å². The van der Waals surface area contributed by atoms with Gasteiger partial charge >= 0.3 is 6.18 Å². The maximum absolute atomic E-state index is 11.3. The molecule has 0 heterocycles. The summed E-state index contributed by atoms with van der Waals surface area (Å²) in [5.41, 5.74) is 0. The van der Waals surface area contributed by atoms with Crippen LogP contribution >= 0.6 is 34.8 Å². The molecule has 0 aliphatic rings. The molecule has 0 bridgehead atoms. The maximum atomic E-state index is 11.3. The number of halogens is 6. The first-order valence-electron chi connectivity index (χ1n) is 2.04. The number of hydrogen-bond donors (Lipinski definition) is 0. The zero-order chi connectivity index (χ0) is 8.41. The molecular weight excluding hydrogens is 211 g/mol. The van der Waals surface area contributed by atoms with Crippen LogP contribution in [0.5, 0.6) is 0 Å². The molecule has 0 aromatic rings. The van der Waals surface area contributed by atoms with Gasteiger partial charge in [-0.15, -0.1) is 0 Å². The normalized spacial score (nSPS) is 14.6. The Balaban J connectivity index is 4.01. The van der Waals surface area contributed by atoms with Gasteiger partial charge in [0.2, 0.25) is 3.79 Å². The van der Waals surface area contributed by atoms with Crippen LogP contribution in [0.4, 0.5) is 13.2 Å². The van der Waals surface area contributed by atoms with Crippen molar-refractivity contribution < 1.29 is 13.2 Å². The lowest BCUT2D eigenvalue weighted by Gasteiger charge is -2.03. The average Bonchev–Trinajstić information content (AvgIpc) is 1.57. The molecule has 0 unspecified atom stereocenters. The van der Waals surface area contributed by atoms with Crippen molar-refractivity contribution in [3.63, 3.8) is 0 Å². The molecule has 0 rings (SSSR count). The second-order valence-corrected chi connectivity index (χ2v) is 3.79. The highest BCUT2D eigenvalue weighted by Crippen LogP contribution is 2.29. The van der Waals surface area contributed by atoms with Crippen molar-refractivity contribution >= 4 is 34.8 Å². The van der Waals surface area contributed by atoms with Crippen molar-refractivity contribution in [2.45, 2.75) is 9.97 Å². The molecule has 0 fully saturated rings. The van der Waals surface area contributed by atoms with Crippen LogP contribution in [0.15, 0.2) is 12.2 Å². The fraction of sp³-hybridized carbons (Fsp3) is 0.500. The largest absolute Gasteiger partial charge is 0.409 e. The fourth-order valence-electron chi connectivity index (χ4n) is 0.189. The standard InChI is InChI=1S/C4H2Cl3F3/c5-3(6,7)1-2-4(8,9)10/h1-2H/b2-1+. The van der Waals surface area contributed by atoms with Crippen LogP contribution in [-0.4, -0.2) is 9.97 Å². The van der Waals surface area contributed by atoms with E-state index in [2.05, 4.69) is 0 Å². The van der Waals surface area contributed by atoms with Gasteiger partial charge in [0.05, 0.1) is 0 Å². The van der Waals surface area contributed by atoms with Crippen LogP contribution in [0.3, 0.4) is 0 Å². The van der Waals surface area contributed by atoms with Crippen molar-refractivity contribution in [2.75, 3.05) is 0 Å². The number of alkyl halides is 6. The molecular formula is C4H2Cl3F3. The van der Waals surface area contributed by atoms with Crippen molar-refractivity contribution in [1.82, 2.24) is 0 Å². The van der Waals surface area contributed by atoms with Crippen LogP contribution in [0, 0.1) is 0 Å². The molecule has 0 saturated carbocycles. The minimum Gasteiger partial charge on any atom is -0.167 e. The summed E-state index contributed by atoms with van der Waals surface area (Å²) >= 11 is 14.9. The molecule has 0 N–H and O–H groups in total. The van der Waals surface area contributed by atoms with Gasteiger partial charge in [-0.25, -0.2) is 0 Å². The van der Waals surface area contributed by atoms with Gasteiger partial charge in [-0.1, -0.05) is 34.8 Å². The summed E-state index contributed by atoms with van der Waals surface area (Å²) in [5.74, 6) is 0. The molecule has 0 aliphatic heterocycles.